The first-order valence-corrected chi connectivity index (χ1v) is 9.21. The summed E-state index contributed by atoms with van der Waals surface area (Å²) in [5.74, 6) is 1.48. The van der Waals surface area contributed by atoms with Crippen LogP contribution in [0.3, 0.4) is 0 Å². The lowest BCUT2D eigenvalue weighted by atomic mass is 10.3. The molecule has 2 rings (SSSR count). The third-order valence-electron chi connectivity index (χ3n) is 3.16. The number of aliphatic imine (C=N–C) groups is 1. The van der Waals surface area contributed by atoms with Crippen LogP contribution in [0.25, 0.3) is 0 Å². The average Bonchev–Trinajstić information content (AvgIpc) is 3.07. The monoisotopic (exact) mass is 346 g/mol. The number of aromatic nitrogens is 1. The van der Waals surface area contributed by atoms with Crippen LogP contribution in [0.1, 0.15) is 31.2 Å². The van der Waals surface area contributed by atoms with Gasteiger partial charge in [0.05, 0.1) is 12.6 Å². The van der Waals surface area contributed by atoms with Gasteiger partial charge in [-0.1, -0.05) is 12.1 Å². The highest BCUT2D eigenvalue weighted by molar-refractivity contribution is 7.09. The first-order chi connectivity index (χ1) is 11.7. The summed E-state index contributed by atoms with van der Waals surface area (Å²) in [7, 11) is 0. The molecule has 0 saturated carbocycles. The number of rotatable bonds is 8. The van der Waals surface area contributed by atoms with Gasteiger partial charge in [-0.3, -0.25) is 0 Å². The summed E-state index contributed by atoms with van der Waals surface area (Å²) in [4.78, 5) is 10.3. The third-order valence-corrected chi connectivity index (χ3v) is 4.10. The van der Waals surface area contributed by atoms with Gasteiger partial charge in [-0.25, -0.2) is 9.98 Å². The molecule has 5 nitrogen and oxygen atoms in total. The fourth-order valence-corrected chi connectivity index (χ4v) is 2.80. The van der Waals surface area contributed by atoms with Crippen LogP contribution in [0.15, 0.2) is 40.8 Å². The van der Waals surface area contributed by atoms with Crippen LogP contribution in [-0.4, -0.2) is 30.1 Å². The molecule has 0 bridgehead atoms. The van der Waals surface area contributed by atoms with Crippen molar-refractivity contribution >= 4 is 17.3 Å². The topological polar surface area (TPSA) is 58.5 Å². The molecular formula is C18H26N4OS. The predicted molar refractivity (Wildman–Crippen MR) is 101 cm³/mol. The molecular weight excluding hydrogens is 320 g/mol. The van der Waals surface area contributed by atoms with Crippen LogP contribution >= 0.6 is 11.3 Å². The van der Waals surface area contributed by atoms with Crippen molar-refractivity contribution in [3.8, 4) is 5.88 Å². The molecule has 2 aromatic rings. The molecule has 0 saturated heterocycles. The van der Waals surface area contributed by atoms with Crippen LogP contribution in [0, 0.1) is 0 Å². The summed E-state index contributed by atoms with van der Waals surface area (Å²) < 4.78 is 5.55. The van der Waals surface area contributed by atoms with Crippen LogP contribution in [0.2, 0.25) is 0 Å². The second-order valence-corrected chi connectivity index (χ2v) is 6.65. The van der Waals surface area contributed by atoms with E-state index in [-0.39, 0.29) is 6.10 Å². The van der Waals surface area contributed by atoms with Gasteiger partial charge in [0.1, 0.15) is 0 Å². The lowest BCUT2D eigenvalue weighted by Gasteiger charge is -2.11. The average molecular weight is 347 g/mol. The zero-order chi connectivity index (χ0) is 17.2. The summed E-state index contributed by atoms with van der Waals surface area (Å²) in [6.45, 7) is 8.34. The highest BCUT2D eigenvalue weighted by atomic mass is 32.1. The van der Waals surface area contributed by atoms with E-state index in [1.807, 2.05) is 32.2 Å². The summed E-state index contributed by atoms with van der Waals surface area (Å²) in [6.07, 6.45) is 2.95. The Bertz CT molecular complexity index is 608. The third kappa shape index (κ3) is 6.58. The quantitative estimate of drug-likeness (QED) is 0.569. The smallest absolute Gasteiger partial charge is 0.213 e. The van der Waals surface area contributed by atoms with Crippen LogP contribution in [0.5, 0.6) is 5.88 Å². The number of ether oxygens (including phenoxy) is 1. The highest BCUT2D eigenvalue weighted by Crippen LogP contribution is 2.10. The van der Waals surface area contributed by atoms with Gasteiger partial charge in [-0.15, -0.1) is 11.3 Å². The second-order valence-electron chi connectivity index (χ2n) is 5.62. The fourth-order valence-electron chi connectivity index (χ4n) is 2.09. The number of hydrogen-bond donors (Lipinski definition) is 2. The molecule has 130 valence electrons. The van der Waals surface area contributed by atoms with Crippen molar-refractivity contribution in [1.29, 1.82) is 0 Å². The predicted octanol–water partition coefficient (Wildman–Crippen LogP) is 3.23. The van der Waals surface area contributed by atoms with E-state index in [2.05, 4.69) is 45.0 Å². The van der Waals surface area contributed by atoms with Crippen molar-refractivity contribution in [3.05, 3.63) is 46.3 Å². The minimum atomic E-state index is 0.134. The van der Waals surface area contributed by atoms with E-state index < -0.39 is 0 Å². The Morgan fingerprint density at radius 1 is 1.29 bits per heavy atom. The number of nitrogens with one attached hydrogen (secondary N) is 2. The van der Waals surface area contributed by atoms with E-state index in [0.29, 0.717) is 12.4 Å². The van der Waals surface area contributed by atoms with E-state index in [1.165, 1.54) is 4.88 Å². The molecule has 2 heterocycles. The van der Waals surface area contributed by atoms with Crippen molar-refractivity contribution in [2.75, 3.05) is 13.1 Å². The van der Waals surface area contributed by atoms with Gasteiger partial charge in [0.15, 0.2) is 5.96 Å². The lowest BCUT2D eigenvalue weighted by molar-refractivity contribution is 0.232. The maximum absolute atomic E-state index is 5.55. The largest absolute Gasteiger partial charge is 0.475 e. The van der Waals surface area contributed by atoms with Crippen molar-refractivity contribution in [2.24, 2.45) is 4.99 Å². The van der Waals surface area contributed by atoms with E-state index in [1.54, 1.807) is 11.3 Å². The Balaban J connectivity index is 1.85. The van der Waals surface area contributed by atoms with E-state index in [4.69, 9.17) is 4.74 Å². The Kier molecular flexibility index (Phi) is 7.55. The maximum atomic E-state index is 5.55. The Labute approximate surface area is 148 Å². The van der Waals surface area contributed by atoms with Crippen molar-refractivity contribution in [2.45, 2.75) is 39.8 Å². The molecule has 0 radical (unpaired) electrons. The summed E-state index contributed by atoms with van der Waals surface area (Å²) >= 11 is 1.78. The molecule has 0 fully saturated rings. The molecule has 0 atom stereocenters. The first kappa shape index (κ1) is 18.3. The van der Waals surface area contributed by atoms with Crippen molar-refractivity contribution < 1.29 is 4.74 Å². The van der Waals surface area contributed by atoms with Gasteiger partial charge >= 0.3 is 0 Å². The molecule has 0 amide bonds. The van der Waals surface area contributed by atoms with Gasteiger partial charge < -0.3 is 15.4 Å². The van der Waals surface area contributed by atoms with Gasteiger partial charge in [0, 0.05) is 30.2 Å². The molecule has 2 aromatic heterocycles. The summed E-state index contributed by atoms with van der Waals surface area (Å²) in [6, 6.07) is 8.13. The molecule has 0 aliphatic heterocycles. The Hall–Kier alpha value is -2.08. The normalized spacial score (nSPS) is 11.6. The molecule has 0 spiro atoms. The lowest BCUT2D eigenvalue weighted by Crippen LogP contribution is -2.38. The number of guanidine groups is 1. The number of thiophene rings is 1. The molecule has 0 aliphatic carbocycles. The standard InChI is InChI=1S/C18H26N4OS/c1-4-19-18(20-10-9-16-6-5-11-24-16)22-13-15-7-8-17(21-12-15)23-14(2)3/h5-8,11-12,14H,4,9-10,13H2,1-3H3,(H2,19,20,22). The van der Waals surface area contributed by atoms with Crippen LogP contribution < -0.4 is 15.4 Å². The molecule has 6 heteroatoms. The van der Waals surface area contributed by atoms with Gasteiger partial charge in [0.2, 0.25) is 5.88 Å². The number of pyridine rings is 1. The summed E-state index contributed by atoms with van der Waals surface area (Å²) in [5.41, 5.74) is 1.06. The first-order valence-electron chi connectivity index (χ1n) is 8.33. The fraction of sp³-hybridized carbons (Fsp3) is 0.444. The number of hydrogen-bond acceptors (Lipinski definition) is 4. The van der Waals surface area contributed by atoms with Crippen molar-refractivity contribution in [3.63, 3.8) is 0 Å². The second kappa shape index (κ2) is 9.93. The van der Waals surface area contributed by atoms with Gasteiger partial charge in [-0.05, 0) is 44.2 Å². The molecule has 0 aliphatic rings. The molecule has 2 N–H and O–H groups in total. The van der Waals surface area contributed by atoms with Crippen LogP contribution in [0.4, 0.5) is 0 Å². The summed E-state index contributed by atoms with van der Waals surface area (Å²) in [5, 5.41) is 8.74. The molecule has 0 unspecified atom stereocenters. The number of nitrogens with zero attached hydrogens (tertiary/aromatic N) is 2. The van der Waals surface area contributed by atoms with Crippen LogP contribution in [-0.2, 0) is 13.0 Å². The van der Waals surface area contributed by atoms with E-state index in [9.17, 15) is 0 Å². The SMILES string of the molecule is CCNC(=NCc1ccc(OC(C)C)nc1)NCCc1cccs1. The van der Waals surface area contributed by atoms with Crippen molar-refractivity contribution in [1.82, 2.24) is 15.6 Å². The maximum Gasteiger partial charge on any atom is 0.213 e. The highest BCUT2D eigenvalue weighted by Gasteiger charge is 2.01. The minimum absolute atomic E-state index is 0.134. The minimum Gasteiger partial charge on any atom is -0.475 e. The van der Waals surface area contributed by atoms with E-state index in [0.717, 1.165) is 31.0 Å². The van der Waals surface area contributed by atoms with Gasteiger partial charge in [0.25, 0.3) is 0 Å². The zero-order valence-corrected chi connectivity index (χ0v) is 15.4. The Morgan fingerprint density at radius 3 is 2.79 bits per heavy atom. The zero-order valence-electron chi connectivity index (χ0n) is 14.6. The van der Waals surface area contributed by atoms with Gasteiger partial charge in [-0.2, -0.15) is 0 Å². The Morgan fingerprint density at radius 2 is 2.17 bits per heavy atom. The molecule has 24 heavy (non-hydrogen) atoms. The molecule has 0 aromatic carbocycles. The van der Waals surface area contributed by atoms with E-state index >= 15 is 0 Å².